The smallest absolute Gasteiger partial charge is 0.330 e. The number of hydrogen-bond donors (Lipinski definition) is 1. The number of nitrogens with one attached hydrogen (secondary N) is 1. The zero-order valence-electron chi connectivity index (χ0n) is 23.6. The summed E-state index contributed by atoms with van der Waals surface area (Å²) in [6, 6.07) is 37.1. The molecular weight excluding hydrogens is 583 g/mol. The maximum absolute atomic E-state index is 14.3. The molecule has 2 heterocycles. The summed E-state index contributed by atoms with van der Waals surface area (Å²) in [7, 11) is 0. The molecule has 1 saturated heterocycles. The van der Waals surface area contributed by atoms with Crippen LogP contribution in [0.4, 0.5) is 4.39 Å². The minimum Gasteiger partial charge on any atom is -0.371 e. The Morgan fingerprint density at radius 2 is 1.39 bits per heavy atom. The number of rotatable bonds is 10. The molecule has 1 fully saturated rings. The van der Waals surface area contributed by atoms with Crippen molar-refractivity contribution < 1.29 is 18.6 Å². The molecule has 0 spiro atoms. The molecular formula is C35H30ClFN2O5. The Balaban J connectivity index is 1.36. The van der Waals surface area contributed by atoms with Crippen molar-refractivity contribution >= 4 is 11.6 Å². The normalized spacial score (nSPS) is 18.4. The summed E-state index contributed by atoms with van der Waals surface area (Å²) in [5.74, 6) is -1.08. The van der Waals surface area contributed by atoms with Crippen molar-refractivity contribution in [2.45, 2.75) is 37.1 Å². The summed E-state index contributed by atoms with van der Waals surface area (Å²) in [6.07, 6.45) is -0.977. The molecule has 6 rings (SSSR count). The van der Waals surface area contributed by atoms with Crippen LogP contribution in [0.2, 0.25) is 5.02 Å². The second-order valence-electron chi connectivity index (χ2n) is 10.6. The van der Waals surface area contributed by atoms with Gasteiger partial charge in [-0.05, 0) is 34.4 Å². The molecule has 224 valence electrons. The van der Waals surface area contributed by atoms with Crippen molar-refractivity contribution in [1.82, 2.24) is 9.55 Å². The predicted octanol–water partition coefficient (Wildman–Crippen LogP) is 6.21. The van der Waals surface area contributed by atoms with Crippen LogP contribution in [0.3, 0.4) is 0 Å². The van der Waals surface area contributed by atoms with Gasteiger partial charge in [-0.25, -0.2) is 4.79 Å². The average Bonchev–Trinajstić information content (AvgIpc) is 3.47. The van der Waals surface area contributed by atoms with E-state index in [1.807, 2.05) is 108 Å². The van der Waals surface area contributed by atoms with E-state index in [0.29, 0.717) is 5.02 Å². The summed E-state index contributed by atoms with van der Waals surface area (Å²) >= 11 is 6.06. The van der Waals surface area contributed by atoms with Crippen LogP contribution in [-0.2, 0) is 26.4 Å². The zero-order valence-corrected chi connectivity index (χ0v) is 24.4. The van der Waals surface area contributed by atoms with Crippen molar-refractivity contribution in [3.63, 3.8) is 0 Å². The number of hydrogen-bond acceptors (Lipinski definition) is 5. The molecule has 0 aliphatic carbocycles. The van der Waals surface area contributed by atoms with E-state index in [1.54, 1.807) is 12.1 Å². The van der Waals surface area contributed by atoms with E-state index in [1.165, 1.54) is 0 Å². The van der Waals surface area contributed by atoms with Crippen molar-refractivity contribution in [2.24, 2.45) is 0 Å². The van der Waals surface area contributed by atoms with Crippen LogP contribution < -0.4 is 11.2 Å². The van der Waals surface area contributed by atoms with Crippen molar-refractivity contribution in [2.75, 3.05) is 6.61 Å². The van der Waals surface area contributed by atoms with Gasteiger partial charge in [-0.1, -0.05) is 115 Å². The molecule has 5 aromatic rings. The lowest BCUT2D eigenvalue weighted by atomic mass is 9.80. The SMILES string of the molecule is O=c1[nH]c(=O)n([C@H]2C[C@H](OCc3ccc(Cl)cc3)[C@@H](COC(c3ccccc3)(c3ccccc3)c3ccccc3)O2)cc1F. The lowest BCUT2D eigenvalue weighted by Gasteiger charge is -2.37. The second kappa shape index (κ2) is 13.1. The van der Waals surface area contributed by atoms with Gasteiger partial charge in [0.15, 0.2) is 0 Å². The minimum atomic E-state index is -1.09. The number of aromatic amines is 1. The first-order chi connectivity index (χ1) is 21.4. The van der Waals surface area contributed by atoms with E-state index in [2.05, 4.69) is 0 Å². The third-order valence-electron chi connectivity index (χ3n) is 7.80. The van der Waals surface area contributed by atoms with Crippen molar-refractivity contribution in [3.8, 4) is 0 Å². The van der Waals surface area contributed by atoms with Crippen molar-refractivity contribution in [1.29, 1.82) is 0 Å². The lowest BCUT2D eigenvalue weighted by molar-refractivity contribution is -0.106. The molecule has 0 unspecified atom stereocenters. The standard InChI is InChI=1S/C35H30ClFN2O5/c36-28-18-16-24(17-19-28)22-42-30-20-32(39-21-29(37)33(40)38-34(39)41)44-31(30)23-43-35(25-10-4-1-5-11-25,26-12-6-2-7-13-26)27-14-8-3-9-15-27/h1-19,21,30-32H,20,22-23H2,(H,38,40,41)/t30-,31+,32+/m0/s1. The monoisotopic (exact) mass is 612 g/mol. The van der Waals surface area contributed by atoms with Gasteiger partial charge in [-0.3, -0.25) is 14.3 Å². The van der Waals surface area contributed by atoms with Crippen LogP contribution in [0.15, 0.2) is 131 Å². The first-order valence-corrected chi connectivity index (χ1v) is 14.6. The summed E-state index contributed by atoms with van der Waals surface area (Å²) < 4.78 is 35.0. The first kappa shape index (κ1) is 29.7. The van der Waals surface area contributed by atoms with Gasteiger partial charge in [0.1, 0.15) is 17.9 Å². The Hall–Kier alpha value is -4.34. The summed E-state index contributed by atoms with van der Waals surface area (Å²) in [5, 5.41) is 0.614. The van der Waals surface area contributed by atoms with Gasteiger partial charge in [0.25, 0.3) is 5.56 Å². The highest BCUT2D eigenvalue weighted by Crippen LogP contribution is 2.42. The number of H-pyrrole nitrogens is 1. The Labute approximate surface area is 258 Å². The first-order valence-electron chi connectivity index (χ1n) is 14.3. The number of ether oxygens (including phenoxy) is 3. The molecule has 1 aromatic heterocycles. The quantitative estimate of drug-likeness (QED) is 0.190. The topological polar surface area (TPSA) is 82.6 Å². The van der Waals surface area contributed by atoms with Crippen LogP contribution >= 0.6 is 11.6 Å². The fourth-order valence-electron chi connectivity index (χ4n) is 5.63. The summed E-state index contributed by atoms with van der Waals surface area (Å²) in [5.41, 5.74) is 0.799. The number of nitrogens with zero attached hydrogens (tertiary/aromatic N) is 1. The number of aromatic nitrogens is 2. The van der Waals surface area contributed by atoms with Crippen LogP contribution in [0.1, 0.15) is 34.9 Å². The third kappa shape index (κ3) is 6.16. The van der Waals surface area contributed by atoms with E-state index in [4.69, 9.17) is 25.8 Å². The maximum Gasteiger partial charge on any atom is 0.330 e. The third-order valence-corrected chi connectivity index (χ3v) is 8.05. The molecule has 0 amide bonds. The molecule has 1 N–H and O–H groups in total. The highest BCUT2D eigenvalue weighted by molar-refractivity contribution is 6.30. The molecule has 3 atom stereocenters. The minimum absolute atomic E-state index is 0.0705. The molecule has 0 bridgehead atoms. The van der Waals surface area contributed by atoms with E-state index in [-0.39, 0.29) is 19.6 Å². The Morgan fingerprint density at radius 1 is 0.841 bits per heavy atom. The molecule has 1 aliphatic rings. The number of halogens is 2. The highest BCUT2D eigenvalue weighted by atomic mass is 35.5. The van der Waals surface area contributed by atoms with E-state index in [0.717, 1.165) is 33.0 Å². The molecule has 4 aromatic carbocycles. The maximum atomic E-state index is 14.3. The molecule has 0 radical (unpaired) electrons. The fraction of sp³-hybridized carbons (Fsp3) is 0.200. The van der Waals surface area contributed by atoms with Gasteiger partial charge >= 0.3 is 5.69 Å². The van der Waals surface area contributed by atoms with Gasteiger partial charge in [0.2, 0.25) is 5.82 Å². The van der Waals surface area contributed by atoms with E-state index in [9.17, 15) is 14.0 Å². The molecule has 0 saturated carbocycles. The van der Waals surface area contributed by atoms with Gasteiger partial charge < -0.3 is 14.2 Å². The van der Waals surface area contributed by atoms with Crippen LogP contribution in [0, 0.1) is 5.82 Å². The number of benzene rings is 4. The van der Waals surface area contributed by atoms with Crippen LogP contribution in [-0.4, -0.2) is 28.4 Å². The summed E-state index contributed by atoms with van der Waals surface area (Å²) in [4.78, 5) is 26.4. The Bertz CT molecular complexity index is 1700. The van der Waals surface area contributed by atoms with Crippen LogP contribution in [0.25, 0.3) is 0 Å². The van der Waals surface area contributed by atoms with E-state index < -0.39 is 41.1 Å². The van der Waals surface area contributed by atoms with Gasteiger partial charge in [-0.2, -0.15) is 4.39 Å². The second-order valence-corrected chi connectivity index (χ2v) is 11.0. The van der Waals surface area contributed by atoms with Crippen LogP contribution in [0.5, 0.6) is 0 Å². The van der Waals surface area contributed by atoms with Crippen molar-refractivity contribution in [3.05, 3.63) is 175 Å². The molecule has 44 heavy (non-hydrogen) atoms. The fourth-order valence-corrected chi connectivity index (χ4v) is 5.76. The summed E-state index contributed by atoms with van der Waals surface area (Å²) in [6.45, 7) is 0.325. The van der Waals surface area contributed by atoms with Gasteiger partial charge in [0, 0.05) is 11.4 Å². The lowest BCUT2D eigenvalue weighted by Crippen LogP contribution is -2.38. The molecule has 7 nitrogen and oxygen atoms in total. The Morgan fingerprint density at radius 3 is 1.93 bits per heavy atom. The highest BCUT2D eigenvalue weighted by Gasteiger charge is 2.43. The van der Waals surface area contributed by atoms with Gasteiger partial charge in [-0.15, -0.1) is 0 Å². The molecule has 1 aliphatic heterocycles. The Kier molecular flexibility index (Phi) is 8.86. The average molecular weight is 613 g/mol. The largest absolute Gasteiger partial charge is 0.371 e. The predicted molar refractivity (Wildman–Crippen MR) is 165 cm³/mol. The zero-order chi connectivity index (χ0) is 30.5. The van der Waals surface area contributed by atoms with Gasteiger partial charge in [0.05, 0.1) is 25.5 Å². The molecule has 9 heteroatoms. The van der Waals surface area contributed by atoms with E-state index >= 15 is 0 Å².